The smallest absolute Gasteiger partial charge is 0.326 e. The molecule has 1 heterocycles. The number of para-hydroxylation sites is 1. The summed E-state index contributed by atoms with van der Waals surface area (Å²) in [5, 5.41) is 27.4. The normalized spacial score (nSPS) is 14.0. The van der Waals surface area contributed by atoms with E-state index in [4.69, 9.17) is 11.5 Å². The Morgan fingerprint density at radius 2 is 1.44 bits per heavy atom. The Labute approximate surface area is 248 Å². The zero-order valence-corrected chi connectivity index (χ0v) is 24.0. The summed E-state index contributed by atoms with van der Waals surface area (Å²) in [6, 6.07) is 8.64. The first-order valence-electron chi connectivity index (χ1n) is 13.8. The molecule has 0 saturated heterocycles. The minimum atomic E-state index is -1.60. The molecule has 10 N–H and O–H groups in total. The van der Waals surface area contributed by atoms with Crippen LogP contribution in [0.25, 0.3) is 10.9 Å². The Balaban J connectivity index is 1.82. The second-order valence-electron chi connectivity index (χ2n) is 10.9. The zero-order chi connectivity index (χ0) is 31.7. The first kappa shape index (κ1) is 32.6. The number of aromatic hydroxyl groups is 1. The van der Waals surface area contributed by atoms with E-state index in [1.54, 1.807) is 18.3 Å². The van der Waals surface area contributed by atoms with Gasteiger partial charge in [-0.25, -0.2) is 4.79 Å². The minimum absolute atomic E-state index is 0.0206. The second kappa shape index (κ2) is 14.8. The van der Waals surface area contributed by atoms with Gasteiger partial charge in [-0.2, -0.15) is 0 Å². The number of benzene rings is 2. The average molecular weight is 595 g/mol. The van der Waals surface area contributed by atoms with Crippen molar-refractivity contribution in [2.75, 3.05) is 0 Å². The van der Waals surface area contributed by atoms with Gasteiger partial charge in [0.05, 0.1) is 12.5 Å². The molecule has 230 valence electrons. The summed E-state index contributed by atoms with van der Waals surface area (Å²) >= 11 is 0. The molecule has 0 spiro atoms. The number of hydrogen-bond acceptors (Lipinski definition) is 7. The van der Waals surface area contributed by atoms with Gasteiger partial charge in [0.2, 0.25) is 23.6 Å². The number of phenolic OH excluding ortho intramolecular Hbond substituents is 1. The van der Waals surface area contributed by atoms with E-state index in [0.29, 0.717) is 11.1 Å². The number of amides is 4. The van der Waals surface area contributed by atoms with Crippen molar-refractivity contribution < 1.29 is 34.2 Å². The number of hydrogen-bond donors (Lipinski definition) is 8. The molecular weight excluding hydrogens is 556 g/mol. The lowest BCUT2D eigenvalue weighted by Gasteiger charge is -2.26. The van der Waals surface area contributed by atoms with E-state index in [1.807, 2.05) is 38.1 Å². The van der Waals surface area contributed by atoms with Crippen LogP contribution in [-0.2, 0) is 36.8 Å². The molecule has 0 radical (unpaired) electrons. The third-order valence-electron chi connectivity index (χ3n) is 6.82. The lowest BCUT2D eigenvalue weighted by Crippen LogP contribution is -2.58. The van der Waals surface area contributed by atoms with Crippen LogP contribution in [-0.4, -0.2) is 69.0 Å². The molecule has 0 saturated carbocycles. The number of carboxylic acids is 1. The molecule has 13 heteroatoms. The van der Waals surface area contributed by atoms with Crippen molar-refractivity contribution in [3.63, 3.8) is 0 Å². The maximum atomic E-state index is 13.6. The summed E-state index contributed by atoms with van der Waals surface area (Å²) in [5.41, 5.74) is 13.5. The van der Waals surface area contributed by atoms with Crippen molar-refractivity contribution in [2.24, 2.45) is 17.4 Å². The first-order chi connectivity index (χ1) is 20.3. The molecule has 4 unspecified atom stereocenters. The van der Waals surface area contributed by atoms with Crippen LogP contribution in [0.15, 0.2) is 54.7 Å². The van der Waals surface area contributed by atoms with Gasteiger partial charge in [-0.05, 0) is 48.1 Å². The number of aromatic amines is 1. The Bertz CT molecular complexity index is 1450. The molecule has 0 aliphatic heterocycles. The van der Waals surface area contributed by atoms with Crippen molar-refractivity contribution in [3.05, 3.63) is 65.9 Å². The van der Waals surface area contributed by atoms with Gasteiger partial charge in [0.1, 0.15) is 23.9 Å². The fraction of sp³-hybridized carbons (Fsp3) is 0.367. The summed E-state index contributed by atoms with van der Waals surface area (Å²) in [5.74, 6) is -4.43. The predicted octanol–water partition coefficient (Wildman–Crippen LogP) is 0.447. The second-order valence-corrected chi connectivity index (χ2v) is 10.9. The van der Waals surface area contributed by atoms with Crippen LogP contribution in [0.5, 0.6) is 5.75 Å². The molecule has 3 aromatic rings. The number of carbonyl (C=O) groups is 5. The lowest BCUT2D eigenvalue weighted by molar-refractivity contribution is -0.143. The molecule has 0 bridgehead atoms. The topological polar surface area (TPSA) is 230 Å². The van der Waals surface area contributed by atoms with Crippen molar-refractivity contribution >= 4 is 40.5 Å². The summed E-state index contributed by atoms with van der Waals surface area (Å²) in [6.07, 6.45) is 1.41. The van der Waals surface area contributed by atoms with Crippen molar-refractivity contribution in [1.29, 1.82) is 0 Å². The molecule has 0 aliphatic rings. The minimum Gasteiger partial charge on any atom is -0.508 e. The van der Waals surface area contributed by atoms with Gasteiger partial charge in [0.25, 0.3) is 0 Å². The fourth-order valence-electron chi connectivity index (χ4n) is 4.64. The number of carbonyl (C=O) groups excluding carboxylic acids is 4. The standard InChI is InChI=1S/C30H38N6O7/c1-16(2)11-23(34-27(39)21(31)12-17-7-9-19(37)10-8-17)28(40)35-24(29(41)36-25(30(42)43)14-26(32)38)13-18-15-33-22-6-4-3-5-20(18)22/h3-10,15-16,21,23-25,33,37H,11-14,31H2,1-2H3,(H2,32,38)(H,34,39)(H,35,40)(H,36,41)(H,42,43). The quantitative estimate of drug-likeness (QED) is 0.123. The van der Waals surface area contributed by atoms with Gasteiger partial charge < -0.3 is 42.6 Å². The van der Waals surface area contributed by atoms with Crippen LogP contribution in [0.4, 0.5) is 0 Å². The molecule has 0 aliphatic carbocycles. The third kappa shape index (κ3) is 9.57. The summed E-state index contributed by atoms with van der Waals surface area (Å²) in [7, 11) is 0. The molecule has 0 fully saturated rings. The number of nitrogens with two attached hydrogens (primary N) is 2. The molecular formula is C30H38N6O7. The number of fused-ring (bicyclic) bond motifs is 1. The highest BCUT2D eigenvalue weighted by molar-refractivity contribution is 5.95. The Kier molecular flexibility index (Phi) is 11.2. The monoisotopic (exact) mass is 594 g/mol. The van der Waals surface area contributed by atoms with Crippen molar-refractivity contribution in [3.8, 4) is 5.75 Å². The largest absolute Gasteiger partial charge is 0.508 e. The van der Waals surface area contributed by atoms with Crippen LogP contribution in [0.3, 0.4) is 0 Å². The molecule has 2 aromatic carbocycles. The number of primary amides is 1. The van der Waals surface area contributed by atoms with Crippen LogP contribution < -0.4 is 27.4 Å². The highest BCUT2D eigenvalue weighted by Gasteiger charge is 2.32. The van der Waals surface area contributed by atoms with E-state index < -0.39 is 60.2 Å². The maximum Gasteiger partial charge on any atom is 0.326 e. The Morgan fingerprint density at radius 1 is 0.837 bits per heavy atom. The SMILES string of the molecule is CC(C)CC(NC(=O)C(N)Cc1ccc(O)cc1)C(=O)NC(Cc1c[nH]c2ccccc12)C(=O)NC(CC(N)=O)C(=O)O. The third-order valence-corrected chi connectivity index (χ3v) is 6.82. The van der Waals surface area contributed by atoms with Crippen LogP contribution in [0.1, 0.15) is 37.8 Å². The number of phenols is 1. The highest BCUT2D eigenvalue weighted by Crippen LogP contribution is 2.20. The van der Waals surface area contributed by atoms with E-state index in [9.17, 15) is 34.2 Å². The van der Waals surface area contributed by atoms with E-state index in [1.165, 1.54) is 12.1 Å². The summed E-state index contributed by atoms with van der Waals surface area (Å²) in [4.78, 5) is 66.1. The van der Waals surface area contributed by atoms with Crippen LogP contribution >= 0.6 is 0 Å². The van der Waals surface area contributed by atoms with E-state index in [-0.39, 0.29) is 30.9 Å². The number of aliphatic carboxylic acids is 1. The number of rotatable bonds is 15. The van der Waals surface area contributed by atoms with Gasteiger partial charge >= 0.3 is 5.97 Å². The highest BCUT2D eigenvalue weighted by atomic mass is 16.4. The molecule has 3 rings (SSSR count). The van der Waals surface area contributed by atoms with Crippen molar-refractivity contribution in [2.45, 2.75) is 63.7 Å². The van der Waals surface area contributed by atoms with Crippen LogP contribution in [0.2, 0.25) is 0 Å². The molecule has 1 aromatic heterocycles. The first-order valence-corrected chi connectivity index (χ1v) is 13.8. The van der Waals surface area contributed by atoms with Gasteiger partial charge in [0, 0.05) is 23.5 Å². The number of aromatic nitrogens is 1. The number of nitrogens with one attached hydrogen (secondary N) is 4. The Hall–Kier alpha value is -4.91. The lowest BCUT2D eigenvalue weighted by atomic mass is 9.99. The predicted molar refractivity (Wildman–Crippen MR) is 158 cm³/mol. The number of carboxylic acid groups (broad SMARTS) is 1. The molecule has 43 heavy (non-hydrogen) atoms. The van der Waals surface area contributed by atoms with E-state index >= 15 is 0 Å². The molecule has 13 nitrogen and oxygen atoms in total. The fourth-order valence-corrected chi connectivity index (χ4v) is 4.64. The van der Waals surface area contributed by atoms with E-state index in [0.717, 1.165) is 10.9 Å². The average Bonchev–Trinajstić information content (AvgIpc) is 3.35. The van der Waals surface area contributed by atoms with Gasteiger partial charge in [-0.15, -0.1) is 0 Å². The van der Waals surface area contributed by atoms with Gasteiger partial charge in [-0.1, -0.05) is 44.2 Å². The zero-order valence-electron chi connectivity index (χ0n) is 24.0. The van der Waals surface area contributed by atoms with Gasteiger partial charge in [-0.3, -0.25) is 19.2 Å². The maximum absolute atomic E-state index is 13.6. The molecule has 4 atom stereocenters. The van der Waals surface area contributed by atoms with Gasteiger partial charge in [0.15, 0.2) is 0 Å². The summed E-state index contributed by atoms with van der Waals surface area (Å²) < 4.78 is 0. The summed E-state index contributed by atoms with van der Waals surface area (Å²) in [6.45, 7) is 3.72. The Morgan fingerprint density at radius 3 is 2.07 bits per heavy atom. The molecule has 4 amide bonds. The van der Waals surface area contributed by atoms with Crippen LogP contribution in [0, 0.1) is 5.92 Å². The van der Waals surface area contributed by atoms with E-state index in [2.05, 4.69) is 20.9 Å². The van der Waals surface area contributed by atoms with Crippen molar-refractivity contribution in [1.82, 2.24) is 20.9 Å². The number of H-pyrrole nitrogens is 1.